The van der Waals surface area contributed by atoms with Crippen LogP contribution in [0.25, 0.3) is 6.08 Å². The minimum absolute atomic E-state index is 0.123. The summed E-state index contributed by atoms with van der Waals surface area (Å²) in [7, 11) is -4.34. The first-order valence-electron chi connectivity index (χ1n) is 7.10. The molecule has 1 aromatic heterocycles. The van der Waals surface area contributed by atoms with Crippen LogP contribution in [-0.4, -0.2) is 29.5 Å². The molecular formula is C15H11N3O7S. The van der Waals surface area contributed by atoms with Crippen molar-refractivity contribution in [3.63, 3.8) is 0 Å². The van der Waals surface area contributed by atoms with Gasteiger partial charge in [-0.2, -0.15) is 18.5 Å². The molecule has 1 aromatic carbocycles. The van der Waals surface area contributed by atoms with Crippen molar-refractivity contribution in [3.8, 4) is 0 Å². The van der Waals surface area contributed by atoms with E-state index in [1.165, 1.54) is 30.3 Å². The number of carbonyl (C=O) groups is 1. The summed E-state index contributed by atoms with van der Waals surface area (Å²) in [5, 5.41) is 15.8. The molecule has 1 aliphatic rings. The highest BCUT2D eigenvalue weighted by molar-refractivity contribution is 7.85. The van der Waals surface area contributed by atoms with Gasteiger partial charge in [0.25, 0.3) is 16.0 Å². The number of anilines is 1. The summed E-state index contributed by atoms with van der Waals surface area (Å²) in [4.78, 5) is 22.2. The van der Waals surface area contributed by atoms with E-state index in [2.05, 4.69) is 5.10 Å². The van der Waals surface area contributed by atoms with Crippen LogP contribution in [-0.2, 0) is 14.9 Å². The standard InChI is InChI=1S/C15H11N3O7S/c1-9-13(8-11-4-7-14(25-11)18(20)21)15(19)17(16-9)10-2-5-12(6-3-10)26(22,23)24/h2-8H,1H3,(H,22,23,24)/b13-8+. The summed E-state index contributed by atoms with van der Waals surface area (Å²) in [6.07, 6.45) is 1.33. The molecule has 2 aromatic rings. The zero-order chi connectivity index (χ0) is 19.1. The Bertz CT molecular complexity index is 1060. The molecule has 0 saturated heterocycles. The third-order valence-corrected chi connectivity index (χ3v) is 4.39. The highest BCUT2D eigenvalue weighted by atomic mass is 32.2. The Morgan fingerprint density at radius 1 is 1.23 bits per heavy atom. The lowest BCUT2D eigenvalue weighted by molar-refractivity contribution is -0.402. The Morgan fingerprint density at radius 2 is 1.88 bits per heavy atom. The molecule has 0 unspecified atom stereocenters. The summed E-state index contributed by atoms with van der Waals surface area (Å²) < 4.78 is 36.1. The minimum Gasteiger partial charge on any atom is -0.401 e. The first kappa shape index (κ1) is 17.5. The number of nitrogens with zero attached hydrogens (tertiary/aromatic N) is 3. The van der Waals surface area contributed by atoms with Gasteiger partial charge in [-0.05, 0) is 43.3 Å². The molecule has 26 heavy (non-hydrogen) atoms. The van der Waals surface area contributed by atoms with Crippen molar-refractivity contribution in [3.05, 3.63) is 57.8 Å². The minimum atomic E-state index is -4.34. The monoisotopic (exact) mass is 377 g/mol. The lowest BCUT2D eigenvalue weighted by atomic mass is 10.1. The van der Waals surface area contributed by atoms with Crippen LogP contribution in [0.1, 0.15) is 12.7 Å². The summed E-state index contributed by atoms with van der Waals surface area (Å²) >= 11 is 0. The van der Waals surface area contributed by atoms with Crippen LogP contribution in [0, 0.1) is 10.1 Å². The van der Waals surface area contributed by atoms with Crippen LogP contribution >= 0.6 is 0 Å². The van der Waals surface area contributed by atoms with Crippen molar-refractivity contribution < 1.29 is 27.1 Å². The van der Waals surface area contributed by atoms with Crippen LogP contribution in [0.4, 0.5) is 11.6 Å². The molecule has 0 bridgehead atoms. The Hall–Kier alpha value is -3.31. The van der Waals surface area contributed by atoms with Crippen molar-refractivity contribution in [1.29, 1.82) is 0 Å². The molecular weight excluding hydrogens is 366 g/mol. The predicted octanol–water partition coefficient (Wildman–Crippen LogP) is 2.24. The van der Waals surface area contributed by atoms with Crippen molar-refractivity contribution in [1.82, 2.24) is 0 Å². The second-order valence-electron chi connectivity index (χ2n) is 5.26. The van der Waals surface area contributed by atoms with E-state index >= 15 is 0 Å². The van der Waals surface area contributed by atoms with Crippen LogP contribution in [0.5, 0.6) is 0 Å². The van der Waals surface area contributed by atoms with E-state index in [9.17, 15) is 23.3 Å². The number of carbonyl (C=O) groups excluding carboxylic acids is 1. The summed E-state index contributed by atoms with van der Waals surface area (Å²) in [5.41, 5.74) is 0.816. The number of furan rings is 1. The van der Waals surface area contributed by atoms with E-state index < -0.39 is 26.8 Å². The van der Waals surface area contributed by atoms with E-state index in [4.69, 9.17) is 8.97 Å². The van der Waals surface area contributed by atoms with Gasteiger partial charge in [0.05, 0.1) is 27.9 Å². The molecule has 0 atom stereocenters. The fourth-order valence-electron chi connectivity index (χ4n) is 2.28. The SMILES string of the molecule is CC1=NN(c2ccc(S(=O)(=O)O)cc2)C(=O)/C1=C/c1ccc([N+](=O)[O-])o1. The zero-order valence-corrected chi connectivity index (χ0v) is 14.0. The van der Waals surface area contributed by atoms with E-state index in [-0.39, 0.29) is 21.9 Å². The molecule has 1 N–H and O–H groups in total. The quantitative estimate of drug-likeness (QED) is 0.372. The van der Waals surface area contributed by atoms with Crippen molar-refractivity contribution in [2.24, 2.45) is 5.10 Å². The van der Waals surface area contributed by atoms with Crippen molar-refractivity contribution >= 4 is 39.4 Å². The van der Waals surface area contributed by atoms with Crippen LogP contribution < -0.4 is 5.01 Å². The molecule has 0 spiro atoms. The number of amides is 1. The Balaban J connectivity index is 1.90. The summed E-state index contributed by atoms with van der Waals surface area (Å²) in [6, 6.07) is 7.44. The average Bonchev–Trinajstić information content (AvgIpc) is 3.15. The highest BCUT2D eigenvalue weighted by Gasteiger charge is 2.29. The van der Waals surface area contributed by atoms with Gasteiger partial charge in [-0.3, -0.25) is 19.5 Å². The maximum Gasteiger partial charge on any atom is 0.433 e. The highest BCUT2D eigenvalue weighted by Crippen LogP contribution is 2.27. The molecule has 1 aliphatic heterocycles. The smallest absolute Gasteiger partial charge is 0.401 e. The Kier molecular flexibility index (Phi) is 4.18. The predicted molar refractivity (Wildman–Crippen MR) is 90.2 cm³/mol. The molecule has 10 nitrogen and oxygen atoms in total. The van der Waals surface area contributed by atoms with Gasteiger partial charge in [0, 0.05) is 0 Å². The first-order chi connectivity index (χ1) is 12.2. The van der Waals surface area contributed by atoms with Gasteiger partial charge in [-0.25, -0.2) is 0 Å². The second-order valence-corrected chi connectivity index (χ2v) is 6.68. The van der Waals surface area contributed by atoms with Gasteiger partial charge in [0.15, 0.2) is 0 Å². The zero-order valence-electron chi connectivity index (χ0n) is 13.2. The Labute approximate surface area is 146 Å². The molecule has 134 valence electrons. The number of hydrogen-bond donors (Lipinski definition) is 1. The largest absolute Gasteiger partial charge is 0.433 e. The molecule has 0 radical (unpaired) electrons. The summed E-state index contributed by atoms with van der Waals surface area (Å²) in [5.74, 6) is -0.839. The number of hydrogen-bond acceptors (Lipinski definition) is 7. The second kappa shape index (κ2) is 6.20. The fourth-order valence-corrected chi connectivity index (χ4v) is 2.76. The van der Waals surface area contributed by atoms with E-state index in [1.807, 2.05) is 0 Å². The third kappa shape index (κ3) is 3.25. The lowest BCUT2D eigenvalue weighted by Crippen LogP contribution is -2.21. The van der Waals surface area contributed by atoms with Gasteiger partial charge in [0.2, 0.25) is 0 Å². The molecule has 2 heterocycles. The lowest BCUT2D eigenvalue weighted by Gasteiger charge is -2.11. The normalized spacial score (nSPS) is 16.2. The third-order valence-electron chi connectivity index (χ3n) is 3.52. The molecule has 0 aliphatic carbocycles. The van der Waals surface area contributed by atoms with Crippen molar-refractivity contribution in [2.75, 3.05) is 5.01 Å². The number of hydrazone groups is 1. The van der Waals surface area contributed by atoms with Gasteiger partial charge >= 0.3 is 5.88 Å². The van der Waals surface area contributed by atoms with E-state index in [0.29, 0.717) is 5.71 Å². The van der Waals surface area contributed by atoms with Crippen LogP contribution in [0.15, 0.2) is 56.4 Å². The molecule has 0 fully saturated rings. The molecule has 3 rings (SSSR count). The van der Waals surface area contributed by atoms with E-state index in [1.54, 1.807) is 6.92 Å². The number of rotatable bonds is 4. The molecule has 1 amide bonds. The van der Waals surface area contributed by atoms with Crippen LogP contribution in [0.3, 0.4) is 0 Å². The van der Waals surface area contributed by atoms with Gasteiger partial charge in [-0.15, -0.1) is 0 Å². The molecule has 0 saturated carbocycles. The first-order valence-corrected chi connectivity index (χ1v) is 8.54. The Morgan fingerprint density at radius 3 is 2.42 bits per heavy atom. The van der Waals surface area contributed by atoms with E-state index in [0.717, 1.165) is 17.1 Å². The van der Waals surface area contributed by atoms with Crippen molar-refractivity contribution in [2.45, 2.75) is 11.8 Å². The summed E-state index contributed by atoms with van der Waals surface area (Å²) in [6.45, 7) is 1.58. The number of benzene rings is 1. The fraction of sp³-hybridized carbons (Fsp3) is 0.0667. The van der Waals surface area contributed by atoms with Crippen LogP contribution in [0.2, 0.25) is 0 Å². The van der Waals surface area contributed by atoms with Gasteiger partial charge in [0.1, 0.15) is 10.7 Å². The number of nitro groups is 1. The topological polar surface area (TPSA) is 143 Å². The average molecular weight is 377 g/mol. The maximum absolute atomic E-state index is 12.5. The van der Waals surface area contributed by atoms with Gasteiger partial charge < -0.3 is 4.42 Å². The maximum atomic E-state index is 12.5. The molecule has 11 heteroatoms. The van der Waals surface area contributed by atoms with Gasteiger partial charge in [-0.1, -0.05) is 0 Å².